The Morgan fingerprint density at radius 2 is 2.05 bits per heavy atom. The quantitative estimate of drug-likeness (QED) is 0.671. The van der Waals surface area contributed by atoms with Gasteiger partial charge in [0, 0.05) is 0 Å². The number of amides is 1. The van der Waals surface area contributed by atoms with Crippen LogP contribution < -0.4 is 14.7 Å². The summed E-state index contributed by atoms with van der Waals surface area (Å²) in [7, 11) is 0. The first kappa shape index (κ1) is 15.3. The number of piperazine rings is 1. The number of ether oxygens (including phenoxy) is 1. The summed E-state index contributed by atoms with van der Waals surface area (Å²) in [5, 5.41) is 10.5. The number of hydrogen-bond donors (Lipinski definition) is 1. The van der Waals surface area contributed by atoms with Gasteiger partial charge in [-0.05, 0) is 24.6 Å². The van der Waals surface area contributed by atoms with E-state index in [2.05, 4.69) is 0 Å². The van der Waals surface area contributed by atoms with E-state index in [0.29, 0.717) is 31.9 Å². The van der Waals surface area contributed by atoms with Crippen LogP contribution in [0, 0.1) is 6.92 Å². The van der Waals surface area contributed by atoms with E-state index in [1.807, 2.05) is 31.2 Å². The molecular weight excluding hydrogens is 272 g/mol. The molecule has 1 amide bonds. The first-order valence-corrected chi connectivity index (χ1v) is 7.05. The lowest BCUT2D eigenvalue weighted by Gasteiger charge is -2.32. The van der Waals surface area contributed by atoms with Crippen molar-refractivity contribution in [3.8, 4) is 5.75 Å². The zero-order valence-corrected chi connectivity index (χ0v) is 12.1. The van der Waals surface area contributed by atoms with Gasteiger partial charge in [0.1, 0.15) is 12.3 Å². The highest BCUT2D eigenvalue weighted by Gasteiger charge is 2.23. The fourth-order valence-corrected chi connectivity index (χ4v) is 2.39. The van der Waals surface area contributed by atoms with Gasteiger partial charge in [-0.2, -0.15) is 0 Å². The number of carboxylic acids is 1. The summed E-state index contributed by atoms with van der Waals surface area (Å²) in [6.45, 7) is 4.35. The maximum atomic E-state index is 12.0. The van der Waals surface area contributed by atoms with Crippen LogP contribution in [0.3, 0.4) is 0 Å². The van der Waals surface area contributed by atoms with Crippen LogP contribution >= 0.6 is 0 Å². The second-order valence-corrected chi connectivity index (χ2v) is 5.28. The fraction of sp³-hybridized carbons (Fsp3) is 0.467. The Bertz CT molecular complexity index is 510. The number of aliphatic carboxylic acids is 1. The third kappa shape index (κ3) is 4.75. The number of aryl methyl sites for hydroxylation is 1. The van der Waals surface area contributed by atoms with Crippen molar-refractivity contribution in [1.82, 2.24) is 4.90 Å². The predicted octanol–water partition coefficient (Wildman–Crippen LogP) is -2.15. The summed E-state index contributed by atoms with van der Waals surface area (Å²) < 4.78 is 5.49. The van der Waals surface area contributed by atoms with E-state index in [9.17, 15) is 14.7 Å². The van der Waals surface area contributed by atoms with Gasteiger partial charge in [0.25, 0.3) is 5.91 Å². The molecule has 1 heterocycles. The third-order valence-corrected chi connectivity index (χ3v) is 3.57. The predicted molar refractivity (Wildman–Crippen MR) is 73.8 cm³/mol. The molecule has 0 aromatic heterocycles. The van der Waals surface area contributed by atoms with Gasteiger partial charge in [-0.15, -0.1) is 0 Å². The maximum absolute atomic E-state index is 12.0. The van der Waals surface area contributed by atoms with E-state index < -0.39 is 5.97 Å². The van der Waals surface area contributed by atoms with Crippen LogP contribution in [-0.4, -0.2) is 56.1 Å². The van der Waals surface area contributed by atoms with Crippen molar-refractivity contribution in [2.45, 2.75) is 6.92 Å². The highest BCUT2D eigenvalue weighted by Crippen LogP contribution is 2.12. The number of benzene rings is 1. The van der Waals surface area contributed by atoms with E-state index in [4.69, 9.17) is 4.74 Å². The van der Waals surface area contributed by atoms with Crippen LogP contribution in [-0.2, 0) is 9.59 Å². The van der Waals surface area contributed by atoms with Crippen LogP contribution in [0.5, 0.6) is 5.75 Å². The van der Waals surface area contributed by atoms with Gasteiger partial charge in [-0.3, -0.25) is 4.79 Å². The van der Waals surface area contributed by atoms with Crippen LogP contribution in [0.15, 0.2) is 24.3 Å². The topological polar surface area (TPSA) is 74.1 Å². The molecule has 114 valence electrons. The average Bonchev–Trinajstić information content (AvgIpc) is 2.45. The highest BCUT2D eigenvalue weighted by molar-refractivity contribution is 5.77. The average molecular weight is 292 g/mol. The van der Waals surface area contributed by atoms with Crippen LogP contribution in [0.25, 0.3) is 0 Å². The molecule has 0 unspecified atom stereocenters. The highest BCUT2D eigenvalue weighted by atomic mass is 16.5. The van der Waals surface area contributed by atoms with Crippen molar-refractivity contribution >= 4 is 11.9 Å². The maximum Gasteiger partial charge on any atom is 0.260 e. The molecule has 2 rings (SSSR count). The molecular formula is C15H20N2O4. The minimum atomic E-state index is -1.05. The lowest BCUT2D eigenvalue weighted by Crippen LogP contribution is -3.16. The zero-order chi connectivity index (χ0) is 15.2. The smallest absolute Gasteiger partial charge is 0.260 e. The molecule has 0 radical (unpaired) electrons. The molecule has 1 aliphatic heterocycles. The van der Waals surface area contributed by atoms with Crippen molar-refractivity contribution in [2.75, 3.05) is 39.3 Å². The zero-order valence-electron chi connectivity index (χ0n) is 12.1. The van der Waals surface area contributed by atoms with Crippen LogP contribution in [0.1, 0.15) is 5.56 Å². The molecule has 1 fully saturated rings. The third-order valence-electron chi connectivity index (χ3n) is 3.57. The number of nitrogens with one attached hydrogen (secondary N) is 1. The molecule has 0 atom stereocenters. The van der Waals surface area contributed by atoms with Crippen molar-refractivity contribution < 1.29 is 24.3 Å². The standard InChI is InChI=1S/C15H20N2O4/c1-12-3-2-4-13(9-12)21-11-14(18)17-7-5-16(6-8-17)10-15(19)20/h2-4,9H,5-8,10-11H2,1H3,(H,19,20). The van der Waals surface area contributed by atoms with Gasteiger partial charge in [0.2, 0.25) is 0 Å². The molecule has 1 aliphatic rings. The van der Waals surface area contributed by atoms with Gasteiger partial charge in [0.15, 0.2) is 6.61 Å². The number of quaternary nitrogens is 1. The molecule has 0 saturated carbocycles. The van der Waals surface area contributed by atoms with Crippen LogP contribution in [0.4, 0.5) is 0 Å². The van der Waals surface area contributed by atoms with Crippen molar-refractivity contribution in [1.29, 1.82) is 0 Å². The normalized spacial score (nSPS) is 15.8. The first-order valence-electron chi connectivity index (χ1n) is 7.05. The molecule has 1 aromatic rings. The van der Waals surface area contributed by atoms with Gasteiger partial charge in [-0.25, -0.2) is 0 Å². The van der Waals surface area contributed by atoms with E-state index in [1.165, 1.54) is 0 Å². The SMILES string of the molecule is Cc1cccc(OCC(=O)N2CC[NH+](CC(=O)[O-])CC2)c1. The van der Waals surface area contributed by atoms with Gasteiger partial charge in [0.05, 0.1) is 32.1 Å². The Morgan fingerprint density at radius 3 is 2.67 bits per heavy atom. The van der Waals surface area contributed by atoms with E-state index in [-0.39, 0.29) is 19.1 Å². The number of nitrogens with zero attached hydrogens (tertiary/aromatic N) is 1. The van der Waals surface area contributed by atoms with Crippen molar-refractivity contribution in [3.63, 3.8) is 0 Å². The summed E-state index contributed by atoms with van der Waals surface area (Å²) in [5.74, 6) is -0.430. The lowest BCUT2D eigenvalue weighted by molar-refractivity contribution is -0.898. The first-order chi connectivity index (χ1) is 10.0. The van der Waals surface area contributed by atoms with Crippen LogP contribution in [0.2, 0.25) is 0 Å². The minimum Gasteiger partial charge on any atom is -0.544 e. The molecule has 0 bridgehead atoms. The molecule has 1 saturated heterocycles. The Hall–Kier alpha value is -2.08. The fourth-order valence-electron chi connectivity index (χ4n) is 2.39. The van der Waals surface area contributed by atoms with Crippen molar-refractivity contribution in [2.24, 2.45) is 0 Å². The summed E-state index contributed by atoms with van der Waals surface area (Å²) in [5.41, 5.74) is 1.08. The summed E-state index contributed by atoms with van der Waals surface area (Å²) in [6, 6.07) is 7.56. The number of carbonyl (C=O) groups excluding carboxylic acids is 2. The summed E-state index contributed by atoms with van der Waals surface area (Å²) in [6.07, 6.45) is 0. The van der Waals surface area contributed by atoms with Crippen molar-refractivity contribution in [3.05, 3.63) is 29.8 Å². The minimum absolute atomic E-state index is 0.00181. The molecule has 6 heteroatoms. The number of rotatable bonds is 5. The Morgan fingerprint density at radius 1 is 1.33 bits per heavy atom. The Balaban J connectivity index is 1.76. The van der Waals surface area contributed by atoms with Gasteiger partial charge < -0.3 is 24.4 Å². The number of hydrogen-bond acceptors (Lipinski definition) is 4. The van der Waals surface area contributed by atoms with E-state index in [1.54, 1.807) is 4.90 Å². The summed E-state index contributed by atoms with van der Waals surface area (Å²) >= 11 is 0. The monoisotopic (exact) mass is 292 g/mol. The Kier molecular flexibility index (Phi) is 5.16. The largest absolute Gasteiger partial charge is 0.544 e. The molecule has 1 N–H and O–H groups in total. The van der Waals surface area contributed by atoms with Gasteiger partial charge >= 0.3 is 0 Å². The van der Waals surface area contributed by atoms with E-state index >= 15 is 0 Å². The molecule has 0 spiro atoms. The molecule has 6 nitrogen and oxygen atoms in total. The van der Waals surface area contributed by atoms with E-state index in [0.717, 1.165) is 10.5 Å². The Labute approximate surface area is 123 Å². The lowest BCUT2D eigenvalue weighted by atomic mass is 10.2. The molecule has 21 heavy (non-hydrogen) atoms. The summed E-state index contributed by atoms with van der Waals surface area (Å²) in [4.78, 5) is 25.2. The van der Waals surface area contributed by atoms with Gasteiger partial charge in [-0.1, -0.05) is 12.1 Å². The second-order valence-electron chi connectivity index (χ2n) is 5.28. The molecule has 0 aliphatic carbocycles. The second kappa shape index (κ2) is 7.08. The number of carbonyl (C=O) groups is 2. The number of carboxylic acid groups (broad SMARTS) is 1. The molecule has 1 aromatic carbocycles.